The van der Waals surface area contributed by atoms with E-state index >= 15 is 0 Å². The van der Waals surface area contributed by atoms with E-state index < -0.39 is 0 Å². The van der Waals surface area contributed by atoms with E-state index in [9.17, 15) is 0 Å². The summed E-state index contributed by atoms with van der Waals surface area (Å²) in [5.41, 5.74) is 1.82. The van der Waals surface area contributed by atoms with Crippen LogP contribution in [-0.2, 0) is 0 Å². The van der Waals surface area contributed by atoms with Crippen molar-refractivity contribution in [2.24, 2.45) is 0 Å². The molecular weight excluding hydrogens is 307 g/mol. The molecule has 0 bridgehead atoms. The van der Waals surface area contributed by atoms with Crippen molar-refractivity contribution in [3.8, 4) is 11.5 Å². The van der Waals surface area contributed by atoms with Gasteiger partial charge in [-0.25, -0.2) is 0 Å². The number of thiocarbonyl (C=S) groups is 1. The molecule has 2 aromatic carbocycles. The number of ether oxygens (including phenoxy) is 2. The predicted octanol–water partition coefficient (Wildman–Crippen LogP) is 3.91. The van der Waals surface area contributed by atoms with E-state index in [-0.39, 0.29) is 8.41 Å². The fourth-order valence-corrected chi connectivity index (χ4v) is 2.13. The molecule has 23 heavy (non-hydrogen) atoms. The average Bonchev–Trinajstić information content (AvgIpc) is 2.52. The first-order valence-electron chi connectivity index (χ1n) is 7.25. The molecule has 0 saturated heterocycles. The Morgan fingerprint density at radius 2 is 1.13 bits per heavy atom. The summed E-state index contributed by atoms with van der Waals surface area (Å²) >= 11 is 5.30. The molecule has 0 saturated carbocycles. The number of benzene rings is 2. The zero-order valence-electron chi connectivity index (χ0n) is 13.3. The molecule has 0 heterocycles. The van der Waals surface area contributed by atoms with Crippen LogP contribution in [0.2, 0.25) is 0 Å². The second-order valence-corrected chi connectivity index (χ2v) is 4.90. The third-order valence-corrected chi connectivity index (χ3v) is 3.05. The lowest BCUT2D eigenvalue weighted by Crippen LogP contribution is -2.18. The van der Waals surface area contributed by atoms with Crippen LogP contribution in [-0.4, -0.2) is 26.7 Å². The van der Waals surface area contributed by atoms with E-state index in [1.807, 2.05) is 62.4 Å². The topological polar surface area (TPSA) is 42.5 Å². The van der Waals surface area contributed by atoms with Crippen LogP contribution in [0.4, 0.5) is 11.4 Å². The lowest BCUT2D eigenvalue weighted by atomic mass is 10.3. The zero-order valence-corrected chi connectivity index (χ0v) is 14.2. The first kappa shape index (κ1) is 18.8. The minimum Gasteiger partial charge on any atom is -0.494 e. The van der Waals surface area contributed by atoms with Gasteiger partial charge in [0.2, 0.25) is 0 Å². The molecule has 0 spiro atoms. The molecule has 0 aliphatic heterocycles. The molecule has 2 rings (SSSR count). The maximum absolute atomic E-state index is 5.40. The van der Waals surface area contributed by atoms with Crippen molar-refractivity contribution in [3.63, 3.8) is 0 Å². The van der Waals surface area contributed by atoms with Gasteiger partial charge in [0, 0.05) is 19.8 Å². The molecular formula is C17H20BN2O2S. The third kappa shape index (κ3) is 6.20. The van der Waals surface area contributed by atoms with Crippen molar-refractivity contribution in [3.05, 3.63) is 48.5 Å². The molecule has 0 unspecified atom stereocenters. The van der Waals surface area contributed by atoms with Crippen LogP contribution in [0.1, 0.15) is 13.8 Å². The lowest BCUT2D eigenvalue weighted by Gasteiger charge is -2.12. The highest BCUT2D eigenvalue weighted by Crippen LogP contribution is 2.18. The Balaban J connectivity index is 0.00000264. The van der Waals surface area contributed by atoms with E-state index in [2.05, 4.69) is 10.6 Å². The smallest absolute Gasteiger partial charge is 0.175 e. The quantitative estimate of drug-likeness (QED) is 0.622. The van der Waals surface area contributed by atoms with Crippen molar-refractivity contribution >= 4 is 37.1 Å². The van der Waals surface area contributed by atoms with Crippen LogP contribution in [0.15, 0.2) is 48.5 Å². The van der Waals surface area contributed by atoms with E-state index in [0.29, 0.717) is 18.3 Å². The number of anilines is 2. The minimum atomic E-state index is 0. The zero-order chi connectivity index (χ0) is 15.8. The number of rotatable bonds is 6. The van der Waals surface area contributed by atoms with Gasteiger partial charge < -0.3 is 20.1 Å². The van der Waals surface area contributed by atoms with Crippen molar-refractivity contribution in [1.29, 1.82) is 0 Å². The standard InChI is InChI=1S/C17H20N2O2S.B/c1-3-20-15-9-5-13(6-10-15)18-17(22)19-14-7-11-16(12-8-14)21-4-2;/h5-12H,3-4H2,1-2H3,(H2,18,19,22);. The van der Waals surface area contributed by atoms with Gasteiger partial charge in [-0.05, 0) is 74.6 Å². The molecule has 0 aliphatic rings. The average molecular weight is 327 g/mol. The summed E-state index contributed by atoms with van der Waals surface area (Å²) in [5.74, 6) is 1.69. The second kappa shape index (κ2) is 9.74. The summed E-state index contributed by atoms with van der Waals surface area (Å²) in [5, 5.41) is 6.80. The van der Waals surface area contributed by atoms with Crippen molar-refractivity contribution in [2.75, 3.05) is 23.8 Å². The van der Waals surface area contributed by atoms with Gasteiger partial charge in [0.1, 0.15) is 11.5 Å². The number of hydrogen-bond donors (Lipinski definition) is 2. The van der Waals surface area contributed by atoms with Crippen LogP contribution in [0.25, 0.3) is 0 Å². The first-order valence-corrected chi connectivity index (χ1v) is 7.65. The first-order chi connectivity index (χ1) is 10.7. The fraction of sp³-hybridized carbons (Fsp3) is 0.235. The largest absolute Gasteiger partial charge is 0.494 e. The SMILES string of the molecule is CCOc1ccc(NC(=S)Nc2ccc(OCC)cc2)cc1.[B]. The van der Waals surface area contributed by atoms with Gasteiger partial charge in [-0.3, -0.25) is 0 Å². The number of hydrogen-bond acceptors (Lipinski definition) is 3. The van der Waals surface area contributed by atoms with Gasteiger partial charge in [-0.15, -0.1) is 0 Å². The van der Waals surface area contributed by atoms with Crippen molar-refractivity contribution in [2.45, 2.75) is 13.8 Å². The van der Waals surface area contributed by atoms with Gasteiger partial charge in [-0.1, -0.05) is 0 Å². The van der Waals surface area contributed by atoms with Crippen LogP contribution >= 0.6 is 12.2 Å². The number of nitrogens with one attached hydrogen (secondary N) is 2. The summed E-state index contributed by atoms with van der Waals surface area (Å²) in [6.45, 7) is 5.24. The highest BCUT2D eigenvalue weighted by atomic mass is 32.1. The molecule has 0 aliphatic carbocycles. The molecule has 4 nitrogen and oxygen atoms in total. The van der Waals surface area contributed by atoms with Crippen LogP contribution < -0.4 is 20.1 Å². The lowest BCUT2D eigenvalue weighted by molar-refractivity contribution is 0.340. The summed E-state index contributed by atoms with van der Waals surface area (Å²) in [4.78, 5) is 0. The Hall–Kier alpha value is -2.21. The Bertz CT molecular complexity index is 549. The van der Waals surface area contributed by atoms with Gasteiger partial charge in [0.15, 0.2) is 5.11 Å². The van der Waals surface area contributed by atoms with Crippen LogP contribution in [0.3, 0.4) is 0 Å². The Labute approximate surface area is 144 Å². The van der Waals surface area contributed by atoms with E-state index in [0.717, 1.165) is 22.9 Å². The highest BCUT2D eigenvalue weighted by molar-refractivity contribution is 7.80. The second-order valence-electron chi connectivity index (χ2n) is 4.49. The molecule has 0 fully saturated rings. The summed E-state index contributed by atoms with van der Waals surface area (Å²) in [6, 6.07) is 15.3. The van der Waals surface area contributed by atoms with Gasteiger partial charge in [0.25, 0.3) is 0 Å². The Morgan fingerprint density at radius 1 is 0.783 bits per heavy atom. The highest BCUT2D eigenvalue weighted by Gasteiger charge is 2.00. The van der Waals surface area contributed by atoms with E-state index in [4.69, 9.17) is 21.7 Å². The van der Waals surface area contributed by atoms with Crippen molar-refractivity contribution in [1.82, 2.24) is 0 Å². The summed E-state index contributed by atoms with van der Waals surface area (Å²) in [7, 11) is 0. The fourth-order valence-electron chi connectivity index (χ4n) is 1.90. The molecule has 2 aromatic rings. The maximum Gasteiger partial charge on any atom is 0.175 e. The Kier molecular flexibility index (Phi) is 7.98. The van der Waals surface area contributed by atoms with Crippen LogP contribution in [0.5, 0.6) is 11.5 Å². The predicted molar refractivity (Wildman–Crippen MR) is 101 cm³/mol. The monoisotopic (exact) mass is 327 g/mol. The molecule has 119 valence electrons. The van der Waals surface area contributed by atoms with Gasteiger partial charge in [-0.2, -0.15) is 0 Å². The molecule has 6 heteroatoms. The van der Waals surface area contributed by atoms with E-state index in [1.165, 1.54) is 0 Å². The summed E-state index contributed by atoms with van der Waals surface area (Å²) in [6.07, 6.45) is 0. The van der Waals surface area contributed by atoms with Crippen molar-refractivity contribution < 1.29 is 9.47 Å². The molecule has 0 amide bonds. The molecule has 0 atom stereocenters. The van der Waals surface area contributed by atoms with Gasteiger partial charge in [0.05, 0.1) is 13.2 Å². The molecule has 3 radical (unpaired) electrons. The third-order valence-electron chi connectivity index (χ3n) is 2.85. The maximum atomic E-state index is 5.40. The minimum absolute atomic E-state index is 0. The molecule has 2 N–H and O–H groups in total. The van der Waals surface area contributed by atoms with Crippen LogP contribution in [0, 0.1) is 0 Å². The molecule has 0 aromatic heterocycles. The normalized spacial score (nSPS) is 9.48. The summed E-state index contributed by atoms with van der Waals surface area (Å²) < 4.78 is 10.8. The van der Waals surface area contributed by atoms with Gasteiger partial charge >= 0.3 is 0 Å². The van der Waals surface area contributed by atoms with E-state index in [1.54, 1.807) is 0 Å². The Morgan fingerprint density at radius 3 is 1.43 bits per heavy atom.